The number of hydrogen-bond donors (Lipinski definition) is 0. The molecule has 6 rings (SSSR count). The molecule has 4 bridgehead atoms. The number of aromatic nitrogens is 2. The molecular weight excluding hydrogens is 334 g/mol. The number of Topliss-reactive ketones (excluding diaryl/α,β-unsaturated/α-hetero) is 1. The molecule has 4 fully saturated rings. The van der Waals surface area contributed by atoms with Crippen LogP contribution in [0, 0.1) is 34.5 Å². The summed E-state index contributed by atoms with van der Waals surface area (Å²) in [6.07, 6.45) is 13.2. The van der Waals surface area contributed by atoms with Crippen LogP contribution in [-0.2, 0) is 6.42 Å². The number of carbonyl (C=O) groups excluding carboxylic acids is 1. The van der Waals surface area contributed by atoms with E-state index in [4.69, 9.17) is 5.26 Å². The normalized spacial score (nSPS) is 31.3. The molecule has 4 saturated carbocycles. The first-order chi connectivity index (χ1) is 13.1. The van der Waals surface area contributed by atoms with Crippen molar-refractivity contribution in [2.75, 3.05) is 0 Å². The average molecular weight is 361 g/mol. The van der Waals surface area contributed by atoms with Gasteiger partial charge in [0.2, 0.25) is 0 Å². The first-order valence-electron chi connectivity index (χ1n) is 10.5. The van der Waals surface area contributed by atoms with Crippen LogP contribution < -0.4 is 0 Å². The summed E-state index contributed by atoms with van der Waals surface area (Å²) < 4.78 is 1.93. The lowest BCUT2D eigenvalue weighted by atomic mass is 9.48. The number of fused-ring (bicyclic) bond motifs is 1. The van der Waals surface area contributed by atoms with Gasteiger partial charge in [-0.1, -0.05) is 6.07 Å². The van der Waals surface area contributed by atoms with E-state index in [0.29, 0.717) is 24.7 Å². The standard InChI is InChI=1S/C23H27N3O/c24-8-2-3-19-15-26-20(4-1-5-22(26)25-19)21(27)6-7-23-12-16-9-17(13-23)11-18(10-16)14-23/h1,4-5,15-18H,2-3,6-7,9-14H2. The molecule has 0 atom stereocenters. The summed E-state index contributed by atoms with van der Waals surface area (Å²) in [5, 5.41) is 8.79. The second-order valence-corrected chi connectivity index (χ2v) is 9.37. The Morgan fingerprint density at radius 1 is 1.19 bits per heavy atom. The van der Waals surface area contributed by atoms with E-state index in [1.54, 1.807) is 0 Å². The van der Waals surface area contributed by atoms with Crippen LogP contribution >= 0.6 is 0 Å². The smallest absolute Gasteiger partial charge is 0.179 e. The van der Waals surface area contributed by atoms with Crippen molar-refractivity contribution in [2.45, 2.75) is 64.2 Å². The quantitative estimate of drug-likeness (QED) is 0.683. The Morgan fingerprint density at radius 2 is 1.89 bits per heavy atom. The number of hydrogen-bond acceptors (Lipinski definition) is 3. The maximum absolute atomic E-state index is 13.1. The van der Waals surface area contributed by atoms with E-state index in [1.807, 2.05) is 28.8 Å². The number of pyridine rings is 1. The average Bonchev–Trinajstić information content (AvgIpc) is 3.06. The van der Waals surface area contributed by atoms with Gasteiger partial charge in [0.1, 0.15) is 5.65 Å². The van der Waals surface area contributed by atoms with Crippen LogP contribution in [0.25, 0.3) is 5.65 Å². The number of nitriles is 1. The minimum atomic E-state index is 0.237. The molecule has 2 aromatic rings. The van der Waals surface area contributed by atoms with Gasteiger partial charge in [0.25, 0.3) is 0 Å². The molecule has 0 aromatic carbocycles. The van der Waals surface area contributed by atoms with Crippen molar-refractivity contribution < 1.29 is 4.79 Å². The molecule has 0 saturated heterocycles. The number of imidazole rings is 1. The van der Waals surface area contributed by atoms with Gasteiger partial charge in [0, 0.05) is 25.5 Å². The van der Waals surface area contributed by atoms with Crippen LogP contribution in [0.2, 0.25) is 0 Å². The lowest BCUT2D eigenvalue weighted by Crippen LogP contribution is -2.46. The Hall–Kier alpha value is -2.15. The van der Waals surface area contributed by atoms with Gasteiger partial charge in [0.05, 0.1) is 17.5 Å². The highest BCUT2D eigenvalue weighted by Gasteiger charge is 2.50. The number of rotatable bonds is 6. The Morgan fingerprint density at radius 3 is 2.56 bits per heavy atom. The zero-order chi connectivity index (χ0) is 18.4. The number of nitrogens with zero attached hydrogens (tertiary/aromatic N) is 3. The Kier molecular flexibility index (Phi) is 4.07. The Bertz CT molecular complexity index is 884. The molecule has 0 N–H and O–H groups in total. The van der Waals surface area contributed by atoms with Gasteiger partial charge in [0.15, 0.2) is 5.78 Å². The van der Waals surface area contributed by atoms with Crippen LogP contribution in [0.15, 0.2) is 24.4 Å². The molecule has 2 aromatic heterocycles. The van der Waals surface area contributed by atoms with Gasteiger partial charge < -0.3 is 0 Å². The third-order valence-corrected chi connectivity index (χ3v) is 7.37. The molecule has 140 valence electrons. The maximum Gasteiger partial charge on any atom is 0.179 e. The van der Waals surface area contributed by atoms with Crippen molar-refractivity contribution in [2.24, 2.45) is 23.2 Å². The summed E-state index contributed by atoms with van der Waals surface area (Å²) in [6.45, 7) is 0. The largest absolute Gasteiger partial charge is 0.296 e. The van der Waals surface area contributed by atoms with Crippen LogP contribution in [-0.4, -0.2) is 15.2 Å². The fourth-order valence-corrected chi connectivity index (χ4v) is 6.70. The van der Waals surface area contributed by atoms with E-state index in [-0.39, 0.29) is 5.78 Å². The lowest BCUT2D eigenvalue weighted by molar-refractivity contribution is -0.0570. The molecular formula is C23H27N3O. The Balaban J connectivity index is 1.33. The van der Waals surface area contributed by atoms with Crippen molar-refractivity contribution in [3.8, 4) is 6.07 Å². The summed E-state index contributed by atoms with van der Waals surface area (Å²) in [5.74, 6) is 3.05. The second kappa shape index (κ2) is 6.48. The predicted molar refractivity (Wildman–Crippen MR) is 103 cm³/mol. The topological polar surface area (TPSA) is 58.2 Å². The van der Waals surface area contributed by atoms with Gasteiger partial charge >= 0.3 is 0 Å². The van der Waals surface area contributed by atoms with E-state index >= 15 is 0 Å². The fourth-order valence-electron chi connectivity index (χ4n) is 6.70. The van der Waals surface area contributed by atoms with Crippen LogP contribution in [0.3, 0.4) is 0 Å². The monoisotopic (exact) mass is 361 g/mol. The predicted octanol–water partition coefficient (Wildman–Crippen LogP) is 4.97. The first kappa shape index (κ1) is 17.0. The van der Waals surface area contributed by atoms with E-state index < -0.39 is 0 Å². The van der Waals surface area contributed by atoms with Crippen LogP contribution in [0.4, 0.5) is 0 Å². The zero-order valence-corrected chi connectivity index (χ0v) is 15.9. The summed E-state index contributed by atoms with van der Waals surface area (Å²) in [6, 6.07) is 7.95. The SMILES string of the molecule is N#CCCc1cn2c(C(=O)CCC34CC5CC(CC(C5)C3)C4)cccc2n1. The zero-order valence-electron chi connectivity index (χ0n) is 15.9. The number of aryl methyl sites for hydroxylation is 1. The highest BCUT2D eigenvalue weighted by Crippen LogP contribution is 2.61. The number of ketones is 1. The molecule has 0 amide bonds. The van der Waals surface area contributed by atoms with E-state index in [9.17, 15) is 4.79 Å². The third kappa shape index (κ3) is 3.08. The first-order valence-corrected chi connectivity index (χ1v) is 10.5. The number of carbonyl (C=O) groups is 1. The molecule has 27 heavy (non-hydrogen) atoms. The van der Waals surface area contributed by atoms with Crippen molar-refractivity contribution in [1.82, 2.24) is 9.38 Å². The van der Waals surface area contributed by atoms with Crippen LogP contribution in [0.1, 0.15) is 74.0 Å². The highest BCUT2D eigenvalue weighted by molar-refractivity contribution is 5.95. The minimum Gasteiger partial charge on any atom is -0.296 e. The molecule has 4 heteroatoms. The Labute approximate surface area is 160 Å². The molecule has 0 radical (unpaired) electrons. The third-order valence-electron chi connectivity index (χ3n) is 7.37. The maximum atomic E-state index is 13.1. The second-order valence-electron chi connectivity index (χ2n) is 9.37. The molecule has 0 aliphatic heterocycles. The van der Waals surface area contributed by atoms with Crippen molar-refractivity contribution in [1.29, 1.82) is 5.26 Å². The van der Waals surface area contributed by atoms with Gasteiger partial charge in [-0.15, -0.1) is 0 Å². The molecule has 2 heterocycles. The minimum absolute atomic E-state index is 0.237. The summed E-state index contributed by atoms with van der Waals surface area (Å²) in [4.78, 5) is 17.6. The molecule has 0 unspecified atom stereocenters. The summed E-state index contributed by atoms with van der Waals surface area (Å²) in [7, 11) is 0. The van der Waals surface area contributed by atoms with E-state index in [1.165, 1.54) is 38.5 Å². The van der Waals surface area contributed by atoms with Crippen LogP contribution in [0.5, 0.6) is 0 Å². The molecule has 0 spiro atoms. The summed E-state index contributed by atoms with van der Waals surface area (Å²) in [5.41, 5.74) is 2.89. The van der Waals surface area contributed by atoms with Crippen molar-refractivity contribution >= 4 is 11.4 Å². The lowest BCUT2D eigenvalue weighted by Gasteiger charge is -2.57. The van der Waals surface area contributed by atoms with E-state index in [2.05, 4.69) is 11.1 Å². The fraction of sp³-hybridized carbons (Fsp3) is 0.609. The van der Waals surface area contributed by atoms with Gasteiger partial charge in [-0.3, -0.25) is 9.20 Å². The van der Waals surface area contributed by atoms with Gasteiger partial charge in [-0.25, -0.2) is 4.98 Å². The van der Waals surface area contributed by atoms with Crippen molar-refractivity contribution in [3.63, 3.8) is 0 Å². The molecule has 4 nitrogen and oxygen atoms in total. The summed E-state index contributed by atoms with van der Waals surface area (Å²) >= 11 is 0. The van der Waals surface area contributed by atoms with Crippen molar-refractivity contribution in [3.05, 3.63) is 35.8 Å². The van der Waals surface area contributed by atoms with Gasteiger partial charge in [-0.05, 0) is 80.2 Å². The highest BCUT2D eigenvalue weighted by atomic mass is 16.1. The van der Waals surface area contributed by atoms with Gasteiger partial charge in [-0.2, -0.15) is 5.26 Å². The molecule has 4 aliphatic rings. The van der Waals surface area contributed by atoms with E-state index in [0.717, 1.165) is 41.2 Å². The molecule has 4 aliphatic carbocycles.